The van der Waals surface area contributed by atoms with Crippen molar-refractivity contribution in [3.8, 4) is 11.5 Å². The van der Waals surface area contributed by atoms with Gasteiger partial charge in [0.05, 0.1) is 12.7 Å². The van der Waals surface area contributed by atoms with Crippen molar-refractivity contribution in [2.75, 3.05) is 26.5 Å². The molecule has 0 aromatic heterocycles. The molecule has 0 atom stereocenters. The van der Waals surface area contributed by atoms with Crippen LogP contribution in [-0.2, 0) is 6.54 Å². The van der Waals surface area contributed by atoms with Gasteiger partial charge in [0.1, 0.15) is 11.5 Å². The van der Waals surface area contributed by atoms with Crippen molar-refractivity contribution in [3.63, 3.8) is 0 Å². The molecule has 0 saturated heterocycles. The van der Waals surface area contributed by atoms with Gasteiger partial charge in [-0.1, -0.05) is 18.2 Å². The Balaban J connectivity index is 2.22. The number of hydrogen-bond acceptors (Lipinski definition) is 4. The highest BCUT2D eigenvalue weighted by Crippen LogP contribution is 2.25. The summed E-state index contributed by atoms with van der Waals surface area (Å²) < 4.78 is 5.01. The summed E-state index contributed by atoms with van der Waals surface area (Å²) in [5.41, 5.74) is 1.95. The molecular formula is C17H20N2O3. The fraction of sp³-hybridized carbons (Fsp3) is 0.235. The predicted molar refractivity (Wildman–Crippen MR) is 86.4 cm³/mol. The number of carbonyl (C=O) groups excluding carboxylic acids is 1. The molecule has 22 heavy (non-hydrogen) atoms. The topological polar surface area (TPSA) is 61.8 Å². The molecule has 2 rings (SSSR count). The van der Waals surface area contributed by atoms with Crippen LogP contribution in [0.4, 0.5) is 5.69 Å². The number of aromatic hydroxyl groups is 1. The summed E-state index contributed by atoms with van der Waals surface area (Å²) in [6.07, 6.45) is 0. The van der Waals surface area contributed by atoms with Crippen molar-refractivity contribution >= 4 is 11.6 Å². The number of nitrogens with zero attached hydrogens (tertiary/aromatic N) is 1. The molecule has 0 aliphatic heterocycles. The number of benzene rings is 2. The fourth-order valence-corrected chi connectivity index (χ4v) is 2.14. The lowest BCUT2D eigenvalue weighted by Gasteiger charge is -2.15. The predicted octanol–water partition coefficient (Wildman–Crippen LogP) is 2.71. The first-order valence-corrected chi connectivity index (χ1v) is 6.92. The van der Waals surface area contributed by atoms with Crippen molar-refractivity contribution in [2.45, 2.75) is 6.54 Å². The number of methoxy groups -OCH3 is 1. The van der Waals surface area contributed by atoms with Crippen LogP contribution in [0.25, 0.3) is 0 Å². The number of ether oxygens (including phenoxy) is 1. The lowest BCUT2D eigenvalue weighted by Crippen LogP contribution is -2.16. The van der Waals surface area contributed by atoms with Crippen molar-refractivity contribution in [1.29, 1.82) is 0 Å². The van der Waals surface area contributed by atoms with Gasteiger partial charge in [0.2, 0.25) is 0 Å². The number of carbonyl (C=O) groups is 1. The molecule has 0 spiro atoms. The summed E-state index contributed by atoms with van der Waals surface area (Å²) in [6, 6.07) is 12.2. The van der Waals surface area contributed by atoms with Crippen molar-refractivity contribution in [2.24, 2.45) is 0 Å². The Morgan fingerprint density at radius 1 is 1.23 bits per heavy atom. The van der Waals surface area contributed by atoms with Gasteiger partial charge in [0, 0.05) is 18.3 Å². The highest BCUT2D eigenvalue weighted by Gasteiger charge is 2.14. The summed E-state index contributed by atoms with van der Waals surface area (Å²) in [4.78, 5) is 14.4. The van der Waals surface area contributed by atoms with E-state index in [0.29, 0.717) is 12.3 Å². The van der Waals surface area contributed by atoms with Crippen LogP contribution in [-0.4, -0.2) is 37.1 Å². The molecule has 0 fully saturated rings. The average Bonchev–Trinajstić information content (AvgIpc) is 2.48. The summed E-state index contributed by atoms with van der Waals surface area (Å²) in [5, 5.41) is 12.8. The molecule has 1 amide bonds. The number of para-hydroxylation sites is 1. The van der Waals surface area contributed by atoms with Crippen molar-refractivity contribution in [3.05, 3.63) is 53.6 Å². The average molecular weight is 300 g/mol. The number of phenols is 1. The normalized spacial score (nSPS) is 10.5. The van der Waals surface area contributed by atoms with Gasteiger partial charge in [-0.2, -0.15) is 0 Å². The molecular weight excluding hydrogens is 280 g/mol. The van der Waals surface area contributed by atoms with Gasteiger partial charge in [-0.3, -0.25) is 4.79 Å². The Kier molecular flexibility index (Phi) is 5.01. The third kappa shape index (κ3) is 3.77. The monoisotopic (exact) mass is 300 g/mol. The number of nitrogens with one attached hydrogen (secondary N) is 1. The van der Waals surface area contributed by atoms with Crippen LogP contribution < -0.4 is 10.1 Å². The van der Waals surface area contributed by atoms with Crippen molar-refractivity contribution < 1.29 is 14.6 Å². The zero-order valence-electron chi connectivity index (χ0n) is 13.0. The van der Waals surface area contributed by atoms with Crippen LogP contribution in [0.3, 0.4) is 0 Å². The highest BCUT2D eigenvalue weighted by molar-refractivity contribution is 6.06. The van der Waals surface area contributed by atoms with E-state index in [2.05, 4.69) is 5.32 Å². The molecule has 5 nitrogen and oxygen atoms in total. The van der Waals surface area contributed by atoms with E-state index in [1.165, 1.54) is 19.2 Å². The lowest BCUT2D eigenvalue weighted by molar-refractivity contribution is 0.102. The quantitative estimate of drug-likeness (QED) is 0.891. The molecule has 0 aliphatic carbocycles. The van der Waals surface area contributed by atoms with E-state index in [1.54, 1.807) is 6.07 Å². The molecule has 5 heteroatoms. The number of phenolic OH excluding ortho intramolecular Hbond substituents is 1. The van der Waals surface area contributed by atoms with E-state index < -0.39 is 0 Å². The molecule has 0 aliphatic rings. The van der Waals surface area contributed by atoms with E-state index in [9.17, 15) is 9.90 Å². The Morgan fingerprint density at radius 3 is 2.59 bits per heavy atom. The Labute approximate surface area is 130 Å². The molecule has 2 aromatic rings. The van der Waals surface area contributed by atoms with Crippen LogP contribution in [0.1, 0.15) is 15.9 Å². The third-order valence-corrected chi connectivity index (χ3v) is 3.20. The molecule has 2 N–H and O–H groups in total. The summed E-state index contributed by atoms with van der Waals surface area (Å²) >= 11 is 0. The minimum Gasteiger partial charge on any atom is -0.507 e. The van der Waals surface area contributed by atoms with Gasteiger partial charge in [-0.25, -0.2) is 0 Å². The first-order chi connectivity index (χ1) is 10.5. The Morgan fingerprint density at radius 2 is 1.95 bits per heavy atom. The maximum absolute atomic E-state index is 12.3. The maximum atomic E-state index is 12.3. The fourth-order valence-electron chi connectivity index (χ4n) is 2.14. The standard InChI is InChI=1S/C17H20N2O3/c1-19(2)11-12-6-4-5-7-15(12)18-17(21)14-9-8-13(22-3)10-16(14)20/h4-10,20H,11H2,1-3H3,(H,18,21). The molecule has 116 valence electrons. The molecule has 0 heterocycles. The van der Waals surface area contributed by atoms with Gasteiger partial charge in [0.25, 0.3) is 5.91 Å². The van der Waals surface area contributed by atoms with E-state index in [1.807, 2.05) is 43.3 Å². The van der Waals surface area contributed by atoms with Crippen LogP contribution in [0.5, 0.6) is 11.5 Å². The second-order valence-corrected chi connectivity index (χ2v) is 5.23. The zero-order chi connectivity index (χ0) is 16.1. The minimum absolute atomic E-state index is 0.109. The summed E-state index contributed by atoms with van der Waals surface area (Å²) in [6.45, 7) is 0.713. The molecule has 0 bridgehead atoms. The smallest absolute Gasteiger partial charge is 0.259 e. The van der Waals surface area contributed by atoms with Crippen LogP contribution in [0.15, 0.2) is 42.5 Å². The second-order valence-electron chi connectivity index (χ2n) is 5.23. The first kappa shape index (κ1) is 15.9. The van der Waals surface area contributed by atoms with E-state index in [4.69, 9.17) is 4.74 Å². The summed E-state index contributed by atoms with van der Waals surface area (Å²) in [7, 11) is 5.44. The largest absolute Gasteiger partial charge is 0.507 e. The van der Waals surface area contributed by atoms with Gasteiger partial charge in [-0.05, 0) is 37.9 Å². The number of hydrogen-bond donors (Lipinski definition) is 2. The third-order valence-electron chi connectivity index (χ3n) is 3.20. The van der Waals surface area contributed by atoms with Gasteiger partial charge < -0.3 is 20.1 Å². The minimum atomic E-state index is -0.355. The Hall–Kier alpha value is -2.53. The number of amides is 1. The second kappa shape index (κ2) is 6.95. The lowest BCUT2D eigenvalue weighted by atomic mass is 10.1. The van der Waals surface area contributed by atoms with Crippen LogP contribution in [0.2, 0.25) is 0 Å². The highest BCUT2D eigenvalue weighted by atomic mass is 16.5. The van der Waals surface area contributed by atoms with Crippen LogP contribution >= 0.6 is 0 Å². The number of anilines is 1. The molecule has 0 saturated carbocycles. The molecule has 0 radical (unpaired) electrons. The van der Waals surface area contributed by atoms with Crippen molar-refractivity contribution in [1.82, 2.24) is 4.90 Å². The Bertz CT molecular complexity index is 669. The van der Waals surface area contributed by atoms with Gasteiger partial charge in [0.15, 0.2) is 0 Å². The van der Waals surface area contributed by atoms with E-state index in [0.717, 1.165) is 11.3 Å². The van der Waals surface area contributed by atoms with Gasteiger partial charge >= 0.3 is 0 Å². The van der Waals surface area contributed by atoms with E-state index in [-0.39, 0.29) is 17.2 Å². The van der Waals surface area contributed by atoms with Crippen LogP contribution in [0, 0.1) is 0 Å². The maximum Gasteiger partial charge on any atom is 0.259 e. The SMILES string of the molecule is COc1ccc(C(=O)Nc2ccccc2CN(C)C)c(O)c1. The molecule has 0 unspecified atom stereocenters. The first-order valence-electron chi connectivity index (χ1n) is 6.92. The van der Waals surface area contributed by atoms with Gasteiger partial charge in [-0.15, -0.1) is 0 Å². The molecule has 2 aromatic carbocycles. The van der Waals surface area contributed by atoms with E-state index >= 15 is 0 Å². The number of rotatable bonds is 5. The zero-order valence-corrected chi connectivity index (χ0v) is 13.0. The summed E-state index contributed by atoms with van der Waals surface area (Å²) in [5.74, 6) is 0.0374.